The van der Waals surface area contributed by atoms with Crippen molar-refractivity contribution in [2.45, 2.75) is 19.9 Å². The van der Waals surface area contributed by atoms with Gasteiger partial charge < -0.3 is 14.8 Å². The minimum atomic E-state index is -0.428. The third-order valence-corrected chi connectivity index (χ3v) is 3.97. The lowest BCUT2D eigenvalue weighted by Gasteiger charge is -2.25. The Morgan fingerprint density at radius 1 is 1.08 bits per heavy atom. The molecule has 2 aromatic carbocycles. The Labute approximate surface area is 140 Å². The second-order valence-corrected chi connectivity index (χ2v) is 6.11. The van der Waals surface area contributed by atoms with Crippen molar-refractivity contribution in [2.75, 3.05) is 13.2 Å². The molecule has 0 spiro atoms. The third kappa shape index (κ3) is 3.50. The van der Waals surface area contributed by atoms with Gasteiger partial charge in [-0.15, -0.1) is 0 Å². The van der Waals surface area contributed by atoms with E-state index < -0.39 is 5.82 Å². The van der Waals surface area contributed by atoms with Crippen LogP contribution in [0.15, 0.2) is 42.5 Å². The fourth-order valence-electron chi connectivity index (χ4n) is 2.74. The molecule has 0 aliphatic carbocycles. The van der Waals surface area contributed by atoms with E-state index in [9.17, 15) is 9.18 Å². The summed E-state index contributed by atoms with van der Waals surface area (Å²) >= 11 is 0. The lowest BCUT2D eigenvalue weighted by atomic mass is 9.95. The molecule has 1 amide bonds. The zero-order chi connectivity index (χ0) is 17.1. The molecule has 2 aromatic rings. The minimum absolute atomic E-state index is 0.157. The molecule has 0 saturated heterocycles. The number of ether oxygens (including phenoxy) is 2. The Morgan fingerprint density at radius 2 is 1.83 bits per heavy atom. The van der Waals surface area contributed by atoms with Gasteiger partial charge in [-0.25, -0.2) is 4.39 Å². The molecule has 3 rings (SSSR count). The highest BCUT2D eigenvalue weighted by molar-refractivity contribution is 5.94. The van der Waals surface area contributed by atoms with Gasteiger partial charge >= 0.3 is 0 Å². The molecular weight excluding hydrogens is 309 g/mol. The summed E-state index contributed by atoms with van der Waals surface area (Å²) in [6.07, 6.45) is 0. The maximum atomic E-state index is 13.3. The van der Waals surface area contributed by atoms with Gasteiger partial charge in [-0.2, -0.15) is 0 Å². The van der Waals surface area contributed by atoms with Crippen LogP contribution in [0.2, 0.25) is 0 Å². The Bertz CT molecular complexity index is 745. The SMILES string of the molecule is CC(C)[C@@H](NC(=O)c1cccc(F)c1)c1ccc2c(c1)OCCO2. The quantitative estimate of drug-likeness (QED) is 0.930. The van der Waals surface area contributed by atoms with Gasteiger partial charge in [-0.3, -0.25) is 4.79 Å². The molecule has 4 nitrogen and oxygen atoms in total. The summed E-state index contributed by atoms with van der Waals surface area (Å²) < 4.78 is 24.5. The van der Waals surface area contributed by atoms with Gasteiger partial charge in [0.15, 0.2) is 11.5 Å². The van der Waals surface area contributed by atoms with E-state index in [4.69, 9.17) is 9.47 Å². The van der Waals surface area contributed by atoms with E-state index in [0.29, 0.717) is 30.3 Å². The van der Waals surface area contributed by atoms with Crippen LogP contribution in [-0.2, 0) is 0 Å². The first-order valence-corrected chi connectivity index (χ1v) is 8.00. The van der Waals surface area contributed by atoms with Gasteiger partial charge in [-0.05, 0) is 41.8 Å². The molecule has 0 saturated carbocycles. The molecule has 1 N–H and O–H groups in total. The molecular formula is C19H20FNO3. The van der Waals surface area contributed by atoms with Gasteiger partial charge in [0.1, 0.15) is 19.0 Å². The van der Waals surface area contributed by atoms with Gasteiger partial charge in [0.05, 0.1) is 6.04 Å². The Balaban J connectivity index is 1.83. The first kappa shape index (κ1) is 16.3. The summed E-state index contributed by atoms with van der Waals surface area (Å²) in [6, 6.07) is 11.1. The Morgan fingerprint density at radius 3 is 2.54 bits per heavy atom. The zero-order valence-corrected chi connectivity index (χ0v) is 13.7. The Kier molecular flexibility index (Phi) is 4.69. The molecule has 0 fully saturated rings. The summed E-state index contributed by atoms with van der Waals surface area (Å²) in [5, 5.41) is 2.98. The number of carbonyl (C=O) groups excluding carboxylic acids is 1. The molecule has 0 radical (unpaired) electrons. The molecule has 5 heteroatoms. The normalized spacial score (nSPS) is 14.3. The summed E-state index contributed by atoms with van der Waals surface area (Å²) in [4.78, 5) is 12.4. The fourth-order valence-corrected chi connectivity index (χ4v) is 2.74. The number of hydrogen-bond donors (Lipinski definition) is 1. The number of halogens is 1. The number of rotatable bonds is 4. The average Bonchev–Trinajstić information content (AvgIpc) is 2.58. The van der Waals surface area contributed by atoms with Crippen LogP contribution < -0.4 is 14.8 Å². The predicted molar refractivity (Wildman–Crippen MR) is 88.9 cm³/mol. The highest BCUT2D eigenvalue weighted by Gasteiger charge is 2.22. The highest BCUT2D eigenvalue weighted by Crippen LogP contribution is 2.34. The van der Waals surface area contributed by atoms with E-state index in [2.05, 4.69) is 5.32 Å². The van der Waals surface area contributed by atoms with Gasteiger partial charge in [-0.1, -0.05) is 26.0 Å². The van der Waals surface area contributed by atoms with Crippen molar-refractivity contribution in [3.05, 3.63) is 59.4 Å². The van der Waals surface area contributed by atoms with Crippen LogP contribution in [0.25, 0.3) is 0 Å². The number of benzene rings is 2. The van der Waals surface area contributed by atoms with E-state index in [-0.39, 0.29) is 17.9 Å². The van der Waals surface area contributed by atoms with Gasteiger partial charge in [0, 0.05) is 5.56 Å². The van der Waals surface area contributed by atoms with Crippen molar-refractivity contribution < 1.29 is 18.7 Å². The summed E-state index contributed by atoms with van der Waals surface area (Å²) in [7, 11) is 0. The topological polar surface area (TPSA) is 47.6 Å². The predicted octanol–water partition coefficient (Wildman–Crippen LogP) is 3.72. The van der Waals surface area contributed by atoms with Crippen LogP contribution in [0.1, 0.15) is 35.8 Å². The minimum Gasteiger partial charge on any atom is -0.486 e. The molecule has 1 aliphatic heterocycles. The van der Waals surface area contributed by atoms with Crippen LogP contribution in [0.3, 0.4) is 0 Å². The van der Waals surface area contributed by atoms with E-state index >= 15 is 0 Å². The molecule has 1 atom stereocenters. The van der Waals surface area contributed by atoms with E-state index in [1.165, 1.54) is 18.2 Å². The highest BCUT2D eigenvalue weighted by atomic mass is 19.1. The maximum Gasteiger partial charge on any atom is 0.251 e. The van der Waals surface area contributed by atoms with Gasteiger partial charge in [0.25, 0.3) is 5.91 Å². The number of nitrogens with one attached hydrogen (secondary N) is 1. The molecule has 1 aliphatic rings. The van der Waals surface area contributed by atoms with Crippen molar-refractivity contribution in [3.63, 3.8) is 0 Å². The van der Waals surface area contributed by atoms with Crippen molar-refractivity contribution >= 4 is 5.91 Å². The maximum absolute atomic E-state index is 13.3. The van der Waals surface area contributed by atoms with Crippen LogP contribution in [0, 0.1) is 11.7 Å². The summed E-state index contributed by atoms with van der Waals surface area (Å²) in [6.45, 7) is 5.09. The van der Waals surface area contributed by atoms with Crippen molar-refractivity contribution in [1.82, 2.24) is 5.32 Å². The summed E-state index contributed by atoms with van der Waals surface area (Å²) in [5.41, 5.74) is 1.23. The van der Waals surface area contributed by atoms with E-state index in [1.54, 1.807) is 6.07 Å². The molecule has 24 heavy (non-hydrogen) atoms. The molecule has 0 bridgehead atoms. The average molecular weight is 329 g/mol. The zero-order valence-electron chi connectivity index (χ0n) is 13.7. The number of carbonyl (C=O) groups is 1. The molecule has 126 valence electrons. The third-order valence-electron chi connectivity index (χ3n) is 3.97. The largest absolute Gasteiger partial charge is 0.486 e. The first-order chi connectivity index (χ1) is 11.5. The van der Waals surface area contributed by atoms with Crippen molar-refractivity contribution in [1.29, 1.82) is 0 Å². The van der Waals surface area contributed by atoms with E-state index in [1.807, 2.05) is 32.0 Å². The Hall–Kier alpha value is -2.56. The lowest BCUT2D eigenvalue weighted by molar-refractivity contribution is 0.0925. The summed E-state index contributed by atoms with van der Waals surface area (Å²) in [5.74, 6) is 0.824. The van der Waals surface area contributed by atoms with Crippen molar-refractivity contribution in [2.24, 2.45) is 5.92 Å². The first-order valence-electron chi connectivity index (χ1n) is 8.00. The van der Waals surface area contributed by atoms with Gasteiger partial charge in [0.2, 0.25) is 0 Å². The van der Waals surface area contributed by atoms with Crippen molar-refractivity contribution in [3.8, 4) is 11.5 Å². The van der Waals surface area contributed by atoms with Crippen LogP contribution in [0.5, 0.6) is 11.5 Å². The molecule has 0 unspecified atom stereocenters. The molecule has 0 aromatic heterocycles. The number of hydrogen-bond acceptors (Lipinski definition) is 3. The standard InChI is InChI=1S/C19H20FNO3/c1-12(2)18(21-19(22)14-4-3-5-15(20)10-14)13-6-7-16-17(11-13)24-9-8-23-16/h3-7,10-12,18H,8-9H2,1-2H3,(H,21,22)/t18-/m1/s1. The number of fused-ring (bicyclic) bond motifs is 1. The second kappa shape index (κ2) is 6.91. The van der Waals surface area contributed by atoms with Crippen LogP contribution in [0.4, 0.5) is 4.39 Å². The lowest BCUT2D eigenvalue weighted by Crippen LogP contribution is -2.32. The van der Waals surface area contributed by atoms with E-state index in [0.717, 1.165) is 5.56 Å². The smallest absolute Gasteiger partial charge is 0.251 e. The monoisotopic (exact) mass is 329 g/mol. The number of amides is 1. The van der Waals surface area contributed by atoms with Crippen LogP contribution in [-0.4, -0.2) is 19.1 Å². The fraction of sp³-hybridized carbons (Fsp3) is 0.316. The van der Waals surface area contributed by atoms with Crippen LogP contribution >= 0.6 is 0 Å². The molecule has 1 heterocycles. The second-order valence-electron chi connectivity index (χ2n) is 6.11.